The van der Waals surface area contributed by atoms with Gasteiger partial charge in [0.15, 0.2) is 11.6 Å². The molecule has 12 heterocycles. The number of nitrogens with zero attached hydrogens (tertiary/aromatic N) is 18. The first-order valence-electron chi connectivity index (χ1n) is 42.3. The third-order valence-electron chi connectivity index (χ3n) is 23.7. The van der Waals surface area contributed by atoms with Gasteiger partial charge < -0.3 is 79.1 Å². The topological polar surface area (TPSA) is 210 Å². The van der Waals surface area contributed by atoms with Crippen LogP contribution in [0.1, 0.15) is 27.7 Å². The number of hydrogen-bond donors (Lipinski definition) is 2. The normalized spacial score (nSPS) is 14.1. The Hall–Kier alpha value is -13.2. The van der Waals surface area contributed by atoms with Gasteiger partial charge >= 0.3 is 0 Å². The van der Waals surface area contributed by atoms with Gasteiger partial charge in [-0.2, -0.15) is 0 Å². The molecule has 4 radical (unpaired) electrons. The third-order valence-corrected chi connectivity index (χ3v) is 29.0. The molecule has 0 aliphatic carbocycles. The first kappa shape index (κ1) is 95.4. The number of ketones is 2. The second-order valence-electron chi connectivity index (χ2n) is 31.9. The molecule has 24 rings (SSSR count). The number of para-hydroxylation sites is 12. The molecule has 8 aliphatic heterocycles. The van der Waals surface area contributed by atoms with Crippen molar-refractivity contribution in [2.75, 3.05) is 105 Å². The standard InChI is InChI=1S/2C24H18N5.2C24H18N4P.2C5H8O2.4Ir/c2*1-27-18-7-3-5-9-20(18)29-21-10-6-4-8-19(21)28(2)23-14-16(13-22(27)24(23)29)17-15-25-11-12-26-17;2*1-27-18-7-3-5-9-22(18)29-23-10-6-4-8-19(23)28(2)21-14-16(13-20(27)24(21)29)17-15-25-11-12-26-17;2*1-4(6)3-5(2)7;;;;/h4*3-13,15H,1-2H3;2*3,6H,1-2H3;;;;/q4*-1;;;;;;. The zero-order valence-corrected chi connectivity index (χ0v) is 86.2. The SMILES string of the molecule is CC(=O)C=C(C)O.CC(=O)C=C(C)O.CN1c2[c-]c(-c3cnccn3)cc3c2N(c2ccccc21)c1ccccc1N3C.CN1c2[c-]c(-c3cnccn3)cc3c2N(c2ccccc21)c1ccccc1N3C.CN1c2[c-]c(-c3cnccn3)cc3c2P(c2ccccc21)c1ccccc1N3C.CN1c2[c-]c(-c3cnccn3)cc3c2P(c2ccccc21)c1ccccc1N3C.[Ir].[Ir].[Ir].[Ir]. The monoisotopic (exact) mass is 2510 g/mol. The largest absolute Gasteiger partial charge is 0.512 e. The van der Waals surface area contributed by atoms with Crippen LogP contribution in [0.2, 0.25) is 0 Å². The van der Waals surface area contributed by atoms with Gasteiger partial charge in [-0.05, 0) is 194 Å². The minimum Gasteiger partial charge on any atom is -0.512 e. The molecule has 0 bridgehead atoms. The molecule has 676 valence electrons. The summed E-state index contributed by atoms with van der Waals surface area (Å²) in [6, 6.07) is 92.5. The van der Waals surface area contributed by atoms with Crippen LogP contribution in [0.5, 0.6) is 0 Å². The van der Waals surface area contributed by atoms with E-state index in [1.54, 1.807) is 74.4 Å². The molecular weight excluding hydrogens is 2420 g/mol. The first-order valence-corrected chi connectivity index (χ1v) is 44.9. The van der Waals surface area contributed by atoms with Gasteiger partial charge in [0.2, 0.25) is 0 Å². The van der Waals surface area contributed by atoms with Gasteiger partial charge in [-0.3, -0.25) is 29.5 Å². The van der Waals surface area contributed by atoms with Gasteiger partial charge in [-0.15, -0.1) is 70.8 Å². The summed E-state index contributed by atoms with van der Waals surface area (Å²) in [5.41, 5.74) is 32.8. The fourth-order valence-electron chi connectivity index (χ4n) is 17.9. The van der Waals surface area contributed by atoms with E-state index < -0.39 is 15.8 Å². The number of aromatic nitrogens is 8. The van der Waals surface area contributed by atoms with Gasteiger partial charge in [0.25, 0.3) is 0 Å². The third kappa shape index (κ3) is 17.5. The number of carbonyl (C=O) groups is 2. The molecule has 2 atom stereocenters. The number of aliphatic hydroxyl groups is 2. The van der Waals surface area contributed by atoms with Crippen molar-refractivity contribution < 1.29 is 100 Å². The van der Waals surface area contributed by atoms with Gasteiger partial charge in [0, 0.05) is 280 Å². The quantitative estimate of drug-likeness (QED) is 0.0686. The Morgan fingerprint density at radius 2 is 0.493 bits per heavy atom. The molecule has 8 aliphatic rings. The van der Waals surface area contributed by atoms with Crippen molar-refractivity contribution in [1.29, 1.82) is 0 Å². The van der Waals surface area contributed by atoms with Crippen LogP contribution < -0.4 is 80.8 Å². The average molecular weight is 2510 g/mol. The Morgan fingerprint density at radius 1 is 0.276 bits per heavy atom. The number of rotatable bonds is 6. The zero-order valence-electron chi connectivity index (χ0n) is 74.9. The molecule has 0 saturated carbocycles. The Labute approximate surface area is 836 Å². The summed E-state index contributed by atoms with van der Waals surface area (Å²) in [5, 5.41) is 25.1. The summed E-state index contributed by atoms with van der Waals surface area (Å²) < 4.78 is 0. The molecule has 12 aromatic carbocycles. The van der Waals surface area contributed by atoms with Gasteiger partial charge in [0.1, 0.15) is 0 Å². The van der Waals surface area contributed by atoms with Crippen molar-refractivity contribution in [3.63, 3.8) is 0 Å². The molecule has 2 N–H and O–H groups in total. The van der Waals surface area contributed by atoms with Crippen LogP contribution in [-0.2, 0) is 90.0 Å². The second-order valence-corrected chi connectivity index (χ2v) is 36.1. The van der Waals surface area contributed by atoms with E-state index in [1.165, 1.54) is 140 Å². The molecule has 4 aromatic heterocycles. The van der Waals surface area contributed by atoms with Crippen molar-refractivity contribution in [3.8, 4) is 45.0 Å². The number of fused-ring (bicyclic) bond motifs is 16. The van der Waals surface area contributed by atoms with Crippen LogP contribution in [0.25, 0.3) is 45.0 Å². The molecule has 0 saturated heterocycles. The summed E-state index contributed by atoms with van der Waals surface area (Å²) >= 11 is 0. The number of aliphatic hydroxyl groups excluding tert-OH is 2. The van der Waals surface area contributed by atoms with E-state index in [-0.39, 0.29) is 104 Å². The van der Waals surface area contributed by atoms with Gasteiger partial charge in [-0.25, -0.2) is 0 Å². The number of carbonyl (C=O) groups excluding carboxylic acids is 2. The number of hydrogen-bond acceptors (Lipinski definition) is 22. The van der Waals surface area contributed by atoms with E-state index in [1.807, 2.05) is 0 Å². The smallest absolute Gasteiger partial charge is 0.155 e. The van der Waals surface area contributed by atoms with E-state index in [0.717, 1.165) is 102 Å². The summed E-state index contributed by atoms with van der Waals surface area (Å²) in [6.07, 6.45) is 23.2. The number of allylic oxidation sites excluding steroid dienone is 4. The Balaban J connectivity index is 0.000000129. The number of anilines is 22. The summed E-state index contributed by atoms with van der Waals surface area (Å²) in [6.45, 7) is 5.70. The van der Waals surface area contributed by atoms with Gasteiger partial charge in [-0.1, -0.05) is 121 Å². The summed E-state index contributed by atoms with van der Waals surface area (Å²) in [4.78, 5) is 77.9. The zero-order chi connectivity index (χ0) is 89.9. The molecule has 0 fully saturated rings. The van der Waals surface area contributed by atoms with E-state index in [4.69, 9.17) is 10.2 Å². The molecule has 22 nitrogen and oxygen atoms in total. The summed E-state index contributed by atoms with van der Waals surface area (Å²) in [5.74, 6) is -0.125. The maximum Gasteiger partial charge on any atom is 0.155 e. The van der Waals surface area contributed by atoms with E-state index in [2.05, 4.69) is 388 Å². The fourth-order valence-corrected chi connectivity index (χ4v) is 23.9. The summed E-state index contributed by atoms with van der Waals surface area (Å²) in [7, 11) is 15.7. The Bertz CT molecular complexity index is 6070. The van der Waals surface area contributed by atoms with Crippen LogP contribution in [0, 0.1) is 24.3 Å². The van der Waals surface area contributed by atoms with E-state index in [0.29, 0.717) is 0 Å². The van der Waals surface area contributed by atoms with Crippen LogP contribution in [0.4, 0.5) is 125 Å². The molecule has 0 spiro atoms. The molecule has 0 amide bonds. The molecule has 2 unspecified atom stereocenters. The minimum atomic E-state index is -0.636. The van der Waals surface area contributed by atoms with Crippen LogP contribution in [0.15, 0.2) is 316 Å². The first-order chi connectivity index (χ1) is 63.2. The van der Waals surface area contributed by atoms with Crippen molar-refractivity contribution in [3.05, 3.63) is 341 Å². The predicted octanol–water partition coefficient (Wildman–Crippen LogP) is 20.9. The maximum atomic E-state index is 10.0. The average Bonchev–Trinajstić information content (AvgIpc) is 0.724. The molecule has 134 heavy (non-hydrogen) atoms. The molecular formula is C106H88Ir4N18O4P2-4. The van der Waals surface area contributed by atoms with Crippen LogP contribution in [-0.4, -0.2) is 118 Å². The molecule has 16 aromatic rings. The van der Waals surface area contributed by atoms with Crippen LogP contribution >= 0.6 is 15.8 Å². The van der Waals surface area contributed by atoms with E-state index in [9.17, 15) is 9.59 Å². The van der Waals surface area contributed by atoms with Crippen molar-refractivity contribution in [2.24, 2.45) is 0 Å². The maximum absolute atomic E-state index is 10.0. The predicted molar refractivity (Wildman–Crippen MR) is 531 cm³/mol. The fraction of sp³-hybridized carbons (Fsp3) is 0.113. The van der Waals surface area contributed by atoms with Crippen molar-refractivity contribution in [1.82, 2.24) is 39.9 Å². The minimum absolute atomic E-state index is 0. The Morgan fingerprint density at radius 3 is 0.739 bits per heavy atom. The number of benzene rings is 12. The Kier molecular flexibility index (Phi) is 28.7. The van der Waals surface area contributed by atoms with Gasteiger partial charge in [0.05, 0.1) is 57.0 Å². The van der Waals surface area contributed by atoms with Crippen molar-refractivity contribution >= 4 is 184 Å². The second kappa shape index (κ2) is 40.3. The van der Waals surface area contributed by atoms with Crippen molar-refractivity contribution in [2.45, 2.75) is 27.7 Å². The molecule has 28 heteroatoms. The van der Waals surface area contributed by atoms with Crippen LogP contribution in [0.3, 0.4) is 0 Å². The van der Waals surface area contributed by atoms with E-state index >= 15 is 0 Å².